The Bertz CT molecular complexity index is 432. The number of aromatic nitrogens is 2. The third-order valence-corrected chi connectivity index (χ3v) is 3.39. The molecule has 0 aromatic carbocycles. The molecule has 2 fully saturated rings. The average Bonchev–Trinajstić information content (AvgIpc) is 2.84. The van der Waals surface area contributed by atoms with E-state index in [2.05, 4.69) is 10.1 Å². The number of nitrogens with zero attached hydrogens (tertiary/aromatic N) is 2. The molecule has 1 saturated heterocycles. The number of esters is 1. The first kappa shape index (κ1) is 10.7. The van der Waals surface area contributed by atoms with Gasteiger partial charge in [-0.3, -0.25) is 4.79 Å². The van der Waals surface area contributed by atoms with Gasteiger partial charge >= 0.3 is 5.97 Å². The van der Waals surface area contributed by atoms with Crippen molar-refractivity contribution in [3.63, 3.8) is 0 Å². The van der Waals surface area contributed by atoms with E-state index >= 15 is 0 Å². The van der Waals surface area contributed by atoms with E-state index in [0.29, 0.717) is 24.6 Å². The number of hydrogen-bond acceptors (Lipinski definition) is 6. The van der Waals surface area contributed by atoms with Gasteiger partial charge in [0.15, 0.2) is 0 Å². The Morgan fingerprint density at radius 2 is 2.35 bits per heavy atom. The van der Waals surface area contributed by atoms with Crippen LogP contribution in [0.3, 0.4) is 0 Å². The molecule has 3 rings (SSSR count). The zero-order valence-electron chi connectivity index (χ0n) is 9.64. The third-order valence-electron chi connectivity index (χ3n) is 3.39. The van der Waals surface area contributed by atoms with Crippen molar-refractivity contribution in [1.82, 2.24) is 10.1 Å². The Balaban J connectivity index is 1.83. The van der Waals surface area contributed by atoms with Crippen LogP contribution in [0.1, 0.15) is 43.5 Å². The van der Waals surface area contributed by atoms with Crippen molar-refractivity contribution in [2.45, 2.75) is 37.2 Å². The van der Waals surface area contributed by atoms with Crippen molar-refractivity contribution in [2.24, 2.45) is 0 Å². The fraction of sp³-hybridized carbons (Fsp3) is 0.727. The van der Waals surface area contributed by atoms with Crippen molar-refractivity contribution in [3.05, 3.63) is 11.7 Å². The highest BCUT2D eigenvalue weighted by molar-refractivity contribution is 5.85. The molecular weight excluding hydrogens is 224 g/mol. The topological polar surface area (TPSA) is 74.5 Å². The van der Waals surface area contributed by atoms with Crippen LogP contribution in [0.25, 0.3) is 0 Å². The molecule has 1 unspecified atom stereocenters. The quantitative estimate of drug-likeness (QED) is 0.735. The molecule has 6 heteroatoms. The first-order valence-corrected chi connectivity index (χ1v) is 5.80. The largest absolute Gasteiger partial charge is 0.468 e. The highest BCUT2D eigenvalue weighted by Crippen LogP contribution is 2.48. The van der Waals surface area contributed by atoms with Gasteiger partial charge in [0.1, 0.15) is 11.5 Å². The highest BCUT2D eigenvalue weighted by atomic mass is 16.5. The summed E-state index contributed by atoms with van der Waals surface area (Å²) in [5.74, 6) is 0.627. The van der Waals surface area contributed by atoms with Crippen molar-refractivity contribution < 1.29 is 18.8 Å². The van der Waals surface area contributed by atoms with E-state index in [9.17, 15) is 4.79 Å². The molecule has 2 aliphatic rings. The maximum atomic E-state index is 11.6. The number of ether oxygens (including phenoxy) is 2. The van der Waals surface area contributed by atoms with E-state index in [4.69, 9.17) is 14.0 Å². The van der Waals surface area contributed by atoms with Gasteiger partial charge in [-0.1, -0.05) is 5.16 Å². The second-order valence-corrected chi connectivity index (χ2v) is 4.53. The van der Waals surface area contributed by atoms with Crippen LogP contribution in [0.5, 0.6) is 0 Å². The van der Waals surface area contributed by atoms with Crippen LogP contribution in [0.15, 0.2) is 4.52 Å². The number of carbonyl (C=O) groups excluding carboxylic acids is 1. The molecule has 1 aliphatic heterocycles. The van der Waals surface area contributed by atoms with Crippen LogP contribution in [0.2, 0.25) is 0 Å². The second-order valence-electron chi connectivity index (χ2n) is 4.53. The monoisotopic (exact) mass is 238 g/mol. The minimum atomic E-state index is -0.682. The lowest BCUT2D eigenvalue weighted by Gasteiger charge is -2.06. The molecule has 1 aromatic heterocycles. The summed E-state index contributed by atoms with van der Waals surface area (Å²) in [4.78, 5) is 15.9. The van der Waals surface area contributed by atoms with Crippen molar-refractivity contribution in [2.75, 3.05) is 13.7 Å². The minimum absolute atomic E-state index is 0.0825. The molecule has 92 valence electrons. The number of methoxy groups -OCH3 is 1. The first-order chi connectivity index (χ1) is 8.26. The molecule has 1 saturated carbocycles. The molecule has 1 atom stereocenters. The lowest BCUT2D eigenvalue weighted by Crippen LogP contribution is -2.22. The molecular formula is C11H14N2O4. The molecule has 1 aliphatic carbocycles. The average molecular weight is 238 g/mol. The minimum Gasteiger partial charge on any atom is -0.468 e. The van der Waals surface area contributed by atoms with Crippen molar-refractivity contribution >= 4 is 5.97 Å². The fourth-order valence-electron chi connectivity index (χ4n) is 2.17. The van der Waals surface area contributed by atoms with Crippen LogP contribution in [0.4, 0.5) is 0 Å². The maximum Gasteiger partial charge on any atom is 0.321 e. The van der Waals surface area contributed by atoms with Crippen LogP contribution >= 0.6 is 0 Å². The van der Waals surface area contributed by atoms with E-state index in [0.717, 1.165) is 19.4 Å². The Morgan fingerprint density at radius 1 is 1.53 bits per heavy atom. The van der Waals surface area contributed by atoms with Crippen molar-refractivity contribution in [3.8, 4) is 0 Å². The van der Waals surface area contributed by atoms with Gasteiger partial charge in [0.05, 0.1) is 7.11 Å². The van der Waals surface area contributed by atoms with Gasteiger partial charge in [-0.25, -0.2) is 0 Å². The van der Waals surface area contributed by atoms with E-state index in [1.807, 2.05) is 0 Å². The summed E-state index contributed by atoms with van der Waals surface area (Å²) in [6, 6.07) is 0. The summed E-state index contributed by atoms with van der Waals surface area (Å²) in [7, 11) is 1.37. The molecule has 0 bridgehead atoms. The summed E-state index contributed by atoms with van der Waals surface area (Å²) in [5, 5.41) is 3.90. The van der Waals surface area contributed by atoms with Gasteiger partial charge in [-0.2, -0.15) is 4.98 Å². The summed E-state index contributed by atoms with van der Waals surface area (Å²) >= 11 is 0. The van der Waals surface area contributed by atoms with Gasteiger partial charge in [0, 0.05) is 6.61 Å². The normalized spacial score (nSPS) is 25.8. The lowest BCUT2D eigenvalue weighted by atomic mass is 10.1. The van der Waals surface area contributed by atoms with Gasteiger partial charge in [-0.05, 0) is 25.7 Å². The van der Waals surface area contributed by atoms with E-state index in [1.165, 1.54) is 7.11 Å². The van der Waals surface area contributed by atoms with E-state index in [-0.39, 0.29) is 12.1 Å². The Hall–Kier alpha value is -1.43. The Morgan fingerprint density at radius 3 is 2.94 bits per heavy atom. The number of hydrogen-bond donors (Lipinski definition) is 0. The molecule has 6 nitrogen and oxygen atoms in total. The second kappa shape index (κ2) is 3.80. The Labute approximate surface area is 98.3 Å². The van der Waals surface area contributed by atoms with Gasteiger partial charge in [0.25, 0.3) is 0 Å². The van der Waals surface area contributed by atoms with Crippen LogP contribution in [-0.2, 0) is 19.7 Å². The van der Waals surface area contributed by atoms with Gasteiger partial charge in [-0.15, -0.1) is 0 Å². The number of carbonyl (C=O) groups is 1. The summed E-state index contributed by atoms with van der Waals surface area (Å²) < 4.78 is 15.4. The standard InChI is InChI=1S/C11H14N2O4/c1-15-10(14)11(4-5-11)9-12-8(13-17-9)7-3-2-6-16-7/h7H,2-6H2,1H3. The highest BCUT2D eigenvalue weighted by Gasteiger charge is 2.57. The molecule has 1 aromatic rings. The van der Waals surface area contributed by atoms with Crippen LogP contribution < -0.4 is 0 Å². The molecule has 0 amide bonds. The fourth-order valence-corrected chi connectivity index (χ4v) is 2.17. The summed E-state index contributed by atoms with van der Waals surface area (Å²) in [6.07, 6.45) is 3.27. The van der Waals surface area contributed by atoms with E-state index in [1.54, 1.807) is 0 Å². The van der Waals surface area contributed by atoms with Gasteiger partial charge in [0.2, 0.25) is 11.7 Å². The zero-order chi connectivity index (χ0) is 11.9. The first-order valence-electron chi connectivity index (χ1n) is 5.80. The van der Waals surface area contributed by atoms with Crippen LogP contribution in [-0.4, -0.2) is 29.8 Å². The smallest absolute Gasteiger partial charge is 0.321 e. The molecule has 0 spiro atoms. The third kappa shape index (κ3) is 1.63. The molecule has 2 heterocycles. The predicted octanol–water partition coefficient (Wildman–Crippen LogP) is 1.13. The SMILES string of the molecule is COC(=O)C1(c2nc(C3CCCO3)no2)CC1. The summed E-state index contributed by atoms with van der Waals surface area (Å²) in [5.41, 5.74) is -0.682. The molecule has 0 radical (unpaired) electrons. The molecule has 17 heavy (non-hydrogen) atoms. The number of rotatable bonds is 3. The predicted molar refractivity (Wildman–Crippen MR) is 55.2 cm³/mol. The summed E-state index contributed by atoms with van der Waals surface area (Å²) in [6.45, 7) is 0.733. The maximum absolute atomic E-state index is 11.6. The zero-order valence-corrected chi connectivity index (χ0v) is 9.64. The van der Waals surface area contributed by atoms with Crippen LogP contribution in [0, 0.1) is 0 Å². The lowest BCUT2D eigenvalue weighted by molar-refractivity contribution is -0.144. The van der Waals surface area contributed by atoms with Gasteiger partial charge < -0.3 is 14.0 Å². The molecule has 0 N–H and O–H groups in total. The van der Waals surface area contributed by atoms with E-state index < -0.39 is 5.41 Å². The van der Waals surface area contributed by atoms with Crippen molar-refractivity contribution in [1.29, 1.82) is 0 Å². The Kier molecular flexibility index (Phi) is 2.39.